The molecule has 0 bridgehead atoms. The summed E-state index contributed by atoms with van der Waals surface area (Å²) in [6, 6.07) is 3.49. The Hall–Kier alpha value is -3.84. The fraction of sp³-hybridized carbons (Fsp3) is 0.444. The SMILES string of the molecule is CSCCC(NC(=O)C(Cc1c[nH]c2ccccc12)NC(=O)C(N)C(C)C)C(=O)NC(Cc1cnc[nH]1)C(=O)O. The molecule has 216 valence electrons. The number of hydrogen-bond donors (Lipinski definition) is 7. The van der Waals surface area contributed by atoms with Gasteiger partial charge in [0.15, 0.2) is 0 Å². The molecular weight excluding hydrogens is 534 g/mol. The highest BCUT2D eigenvalue weighted by Gasteiger charge is 2.31. The molecule has 0 radical (unpaired) electrons. The first-order valence-electron chi connectivity index (χ1n) is 13.0. The molecule has 0 saturated heterocycles. The van der Waals surface area contributed by atoms with Gasteiger partial charge in [0.1, 0.15) is 18.1 Å². The van der Waals surface area contributed by atoms with Crippen molar-refractivity contribution in [3.8, 4) is 0 Å². The van der Waals surface area contributed by atoms with E-state index < -0.39 is 47.9 Å². The highest BCUT2D eigenvalue weighted by Crippen LogP contribution is 2.19. The normalized spacial score (nSPS) is 14.3. The lowest BCUT2D eigenvalue weighted by Gasteiger charge is -2.25. The van der Waals surface area contributed by atoms with E-state index in [1.807, 2.05) is 44.4 Å². The Balaban J connectivity index is 1.81. The Morgan fingerprint density at radius 1 is 0.975 bits per heavy atom. The number of carbonyl (C=O) groups is 4. The van der Waals surface area contributed by atoms with Crippen molar-refractivity contribution in [3.63, 3.8) is 0 Å². The predicted molar refractivity (Wildman–Crippen MR) is 154 cm³/mol. The van der Waals surface area contributed by atoms with Crippen LogP contribution in [0.3, 0.4) is 0 Å². The molecule has 2 heterocycles. The molecule has 2 aromatic heterocycles. The van der Waals surface area contributed by atoms with Crippen LogP contribution in [0.15, 0.2) is 43.0 Å². The molecule has 0 spiro atoms. The van der Waals surface area contributed by atoms with Gasteiger partial charge in [-0.15, -0.1) is 0 Å². The molecule has 0 aliphatic carbocycles. The van der Waals surface area contributed by atoms with Crippen LogP contribution in [0.5, 0.6) is 0 Å². The molecule has 12 nitrogen and oxygen atoms in total. The van der Waals surface area contributed by atoms with Crippen LogP contribution in [-0.2, 0) is 32.0 Å². The van der Waals surface area contributed by atoms with E-state index in [2.05, 4.69) is 30.9 Å². The standard InChI is InChI=1S/C27H37N7O5S/c1-15(2)23(28)26(37)33-21(10-16-12-30-19-7-5-4-6-18(16)19)25(36)32-20(8-9-40-3)24(35)34-22(27(38)39)11-17-13-29-14-31-17/h4-7,12-15,20-23,30H,8-11,28H2,1-3H3,(H,29,31)(H,32,36)(H,33,37)(H,34,35)(H,38,39). The number of nitrogens with zero attached hydrogens (tertiary/aromatic N) is 1. The first-order chi connectivity index (χ1) is 19.1. The third-order valence-electron chi connectivity index (χ3n) is 6.59. The predicted octanol–water partition coefficient (Wildman–Crippen LogP) is 0.952. The lowest BCUT2D eigenvalue weighted by Crippen LogP contribution is -2.58. The largest absolute Gasteiger partial charge is 0.480 e. The number of fused-ring (bicyclic) bond motifs is 1. The van der Waals surface area contributed by atoms with Crippen LogP contribution in [0.1, 0.15) is 31.5 Å². The number of carboxylic acids is 1. The number of hydrogen-bond acceptors (Lipinski definition) is 7. The number of aromatic amines is 2. The van der Waals surface area contributed by atoms with Gasteiger partial charge in [-0.05, 0) is 36.0 Å². The molecule has 0 saturated carbocycles. The smallest absolute Gasteiger partial charge is 0.326 e. The number of carboxylic acid groups (broad SMARTS) is 1. The van der Waals surface area contributed by atoms with Crippen molar-refractivity contribution < 1.29 is 24.3 Å². The summed E-state index contributed by atoms with van der Waals surface area (Å²) in [5.41, 5.74) is 8.28. The number of H-pyrrole nitrogens is 2. The summed E-state index contributed by atoms with van der Waals surface area (Å²) in [5.74, 6) is -2.52. The highest BCUT2D eigenvalue weighted by molar-refractivity contribution is 7.98. The van der Waals surface area contributed by atoms with Crippen molar-refractivity contribution >= 4 is 46.4 Å². The van der Waals surface area contributed by atoms with E-state index in [1.54, 1.807) is 6.20 Å². The van der Waals surface area contributed by atoms with Crippen LogP contribution < -0.4 is 21.7 Å². The summed E-state index contributed by atoms with van der Waals surface area (Å²) >= 11 is 1.48. The number of imidazole rings is 1. The summed E-state index contributed by atoms with van der Waals surface area (Å²) in [4.78, 5) is 61.4. The Labute approximate surface area is 236 Å². The summed E-state index contributed by atoms with van der Waals surface area (Å²) in [6.07, 6.45) is 6.96. The molecule has 1 aromatic carbocycles. The van der Waals surface area contributed by atoms with Crippen LogP contribution in [-0.4, -0.2) is 79.9 Å². The average Bonchev–Trinajstić information content (AvgIpc) is 3.59. The Morgan fingerprint density at radius 3 is 2.30 bits per heavy atom. The van der Waals surface area contributed by atoms with Crippen LogP contribution in [0.4, 0.5) is 0 Å². The van der Waals surface area contributed by atoms with Gasteiger partial charge in [0.2, 0.25) is 17.7 Å². The molecule has 3 amide bonds. The highest BCUT2D eigenvalue weighted by atomic mass is 32.2. The number of para-hydroxylation sites is 1. The van der Waals surface area contributed by atoms with Crippen LogP contribution in [0.2, 0.25) is 0 Å². The van der Waals surface area contributed by atoms with Gasteiger partial charge < -0.3 is 36.8 Å². The first kappa shape index (κ1) is 30.7. The molecule has 4 unspecified atom stereocenters. The second-order valence-electron chi connectivity index (χ2n) is 9.92. The maximum atomic E-state index is 13.6. The van der Waals surface area contributed by atoms with E-state index in [0.717, 1.165) is 16.5 Å². The van der Waals surface area contributed by atoms with E-state index in [9.17, 15) is 24.3 Å². The number of amides is 3. The van der Waals surface area contributed by atoms with Gasteiger partial charge in [-0.1, -0.05) is 32.0 Å². The fourth-order valence-corrected chi connectivity index (χ4v) is 4.64. The summed E-state index contributed by atoms with van der Waals surface area (Å²) in [6.45, 7) is 3.62. The van der Waals surface area contributed by atoms with Gasteiger partial charge in [0.25, 0.3) is 0 Å². The average molecular weight is 572 g/mol. The molecule has 4 atom stereocenters. The van der Waals surface area contributed by atoms with Gasteiger partial charge in [-0.25, -0.2) is 9.78 Å². The maximum absolute atomic E-state index is 13.6. The molecule has 13 heteroatoms. The Kier molecular flexibility index (Phi) is 11.1. The van der Waals surface area contributed by atoms with Crippen molar-refractivity contribution in [2.24, 2.45) is 11.7 Å². The zero-order chi connectivity index (χ0) is 29.2. The molecule has 8 N–H and O–H groups in total. The Morgan fingerprint density at radius 2 is 1.65 bits per heavy atom. The maximum Gasteiger partial charge on any atom is 0.326 e. The number of carbonyl (C=O) groups excluding carboxylic acids is 3. The summed E-state index contributed by atoms with van der Waals surface area (Å²) in [7, 11) is 0. The van der Waals surface area contributed by atoms with Crippen molar-refractivity contribution in [1.82, 2.24) is 30.9 Å². The minimum Gasteiger partial charge on any atom is -0.480 e. The quantitative estimate of drug-likeness (QED) is 0.140. The molecule has 3 aromatic rings. The van der Waals surface area contributed by atoms with E-state index >= 15 is 0 Å². The second-order valence-corrected chi connectivity index (χ2v) is 10.9. The first-order valence-corrected chi connectivity index (χ1v) is 14.4. The van der Waals surface area contributed by atoms with Gasteiger partial charge in [-0.3, -0.25) is 14.4 Å². The summed E-state index contributed by atoms with van der Waals surface area (Å²) < 4.78 is 0. The van der Waals surface area contributed by atoms with Crippen molar-refractivity contribution in [2.75, 3.05) is 12.0 Å². The molecule has 0 fully saturated rings. The van der Waals surface area contributed by atoms with E-state index in [1.165, 1.54) is 24.3 Å². The lowest BCUT2D eigenvalue weighted by molar-refractivity contribution is -0.142. The summed E-state index contributed by atoms with van der Waals surface area (Å²) in [5, 5.41) is 18.6. The van der Waals surface area contributed by atoms with Gasteiger partial charge >= 0.3 is 5.97 Å². The van der Waals surface area contributed by atoms with Gasteiger partial charge in [0, 0.05) is 41.8 Å². The third-order valence-corrected chi connectivity index (χ3v) is 7.23. The number of aliphatic carboxylic acids is 1. The van der Waals surface area contributed by atoms with Crippen molar-refractivity contribution in [3.05, 3.63) is 54.2 Å². The number of rotatable bonds is 15. The van der Waals surface area contributed by atoms with Crippen molar-refractivity contribution in [2.45, 2.75) is 57.3 Å². The monoisotopic (exact) mass is 571 g/mol. The third kappa shape index (κ3) is 8.33. The van der Waals surface area contributed by atoms with Crippen molar-refractivity contribution in [1.29, 1.82) is 0 Å². The minimum absolute atomic E-state index is 0.00337. The number of thioether (sulfide) groups is 1. The minimum atomic E-state index is -1.23. The zero-order valence-electron chi connectivity index (χ0n) is 22.8. The Bertz CT molecular complexity index is 1290. The second kappa shape index (κ2) is 14.5. The molecule has 3 rings (SSSR count). The number of nitrogens with two attached hydrogens (primary N) is 1. The molecule has 40 heavy (non-hydrogen) atoms. The van der Waals surface area contributed by atoms with E-state index in [0.29, 0.717) is 11.4 Å². The van der Waals surface area contributed by atoms with Gasteiger partial charge in [0.05, 0.1) is 12.4 Å². The lowest BCUT2D eigenvalue weighted by atomic mass is 10.0. The van der Waals surface area contributed by atoms with Crippen LogP contribution in [0.25, 0.3) is 10.9 Å². The zero-order valence-corrected chi connectivity index (χ0v) is 23.6. The van der Waals surface area contributed by atoms with E-state index in [-0.39, 0.29) is 25.2 Å². The van der Waals surface area contributed by atoms with Crippen LogP contribution >= 0.6 is 11.8 Å². The van der Waals surface area contributed by atoms with Gasteiger partial charge in [-0.2, -0.15) is 11.8 Å². The van der Waals surface area contributed by atoms with E-state index in [4.69, 9.17) is 5.73 Å². The molecule has 0 aliphatic heterocycles. The fourth-order valence-electron chi connectivity index (χ4n) is 4.17. The van der Waals surface area contributed by atoms with Crippen LogP contribution in [0, 0.1) is 5.92 Å². The topological polar surface area (TPSA) is 195 Å². The number of benzene rings is 1. The molecular formula is C27H37N7O5S. The molecule has 0 aliphatic rings. The number of nitrogens with one attached hydrogen (secondary N) is 5. The number of aromatic nitrogens is 3.